The Hall–Kier alpha value is -4.41. The molecule has 38 heavy (non-hydrogen) atoms. The largest absolute Gasteiger partial charge is 0.497 e. The third kappa shape index (κ3) is 5.17. The molecule has 2 heterocycles. The van der Waals surface area contributed by atoms with Crippen molar-refractivity contribution in [3.63, 3.8) is 0 Å². The minimum Gasteiger partial charge on any atom is -0.497 e. The lowest BCUT2D eigenvalue weighted by atomic mass is 10.2. The van der Waals surface area contributed by atoms with Gasteiger partial charge in [-0.3, -0.25) is 19.0 Å². The number of carbonyl (C=O) groups excluding carboxylic acids is 2. The zero-order valence-corrected chi connectivity index (χ0v) is 21.5. The van der Waals surface area contributed by atoms with Crippen LogP contribution in [0.5, 0.6) is 5.75 Å². The van der Waals surface area contributed by atoms with E-state index in [0.717, 1.165) is 11.8 Å². The number of ether oxygens (including phenoxy) is 1. The summed E-state index contributed by atoms with van der Waals surface area (Å²) in [7, 11) is 1.54. The summed E-state index contributed by atoms with van der Waals surface area (Å²) >= 11 is 7.14. The van der Waals surface area contributed by atoms with E-state index < -0.39 is 11.4 Å². The molecule has 11 heteroatoms. The first-order chi connectivity index (χ1) is 18.4. The molecule has 3 aromatic carbocycles. The molecule has 0 fully saturated rings. The van der Waals surface area contributed by atoms with Gasteiger partial charge in [0.1, 0.15) is 11.4 Å². The van der Waals surface area contributed by atoms with Crippen molar-refractivity contribution >= 4 is 52.0 Å². The van der Waals surface area contributed by atoms with Gasteiger partial charge in [-0.2, -0.15) is 0 Å². The number of halogens is 1. The van der Waals surface area contributed by atoms with E-state index in [2.05, 4.69) is 10.3 Å². The molecular weight excluding hydrogens is 528 g/mol. The molecule has 1 N–H and O–H groups in total. The van der Waals surface area contributed by atoms with Crippen LogP contribution in [0, 0.1) is 0 Å². The van der Waals surface area contributed by atoms with Crippen LogP contribution in [0.1, 0.15) is 16.1 Å². The summed E-state index contributed by atoms with van der Waals surface area (Å²) in [4.78, 5) is 44.9. The van der Waals surface area contributed by atoms with E-state index in [4.69, 9.17) is 20.9 Å². The van der Waals surface area contributed by atoms with Crippen molar-refractivity contribution in [3.8, 4) is 11.4 Å². The molecule has 1 aliphatic rings. The SMILES string of the molecule is COc1ccc(-[n+]2[nH]oc(=O)c2C(=O)CSC2=N/C(=C/c3cccc(Cl)c3)C(=O)N2c2ccccc2)cc1. The molecular formula is C27H20ClN4O5S+. The Bertz CT molecular complexity index is 1630. The van der Waals surface area contributed by atoms with E-state index in [-0.39, 0.29) is 23.1 Å². The highest BCUT2D eigenvalue weighted by atomic mass is 35.5. The molecule has 0 saturated heterocycles. The number of para-hydroxylation sites is 1. The van der Waals surface area contributed by atoms with E-state index in [9.17, 15) is 14.4 Å². The van der Waals surface area contributed by atoms with Crippen molar-refractivity contribution in [2.45, 2.75) is 0 Å². The molecule has 190 valence electrons. The Morgan fingerprint density at radius 1 is 1.11 bits per heavy atom. The van der Waals surface area contributed by atoms with Gasteiger partial charge in [-0.25, -0.2) is 9.79 Å². The number of H-pyrrole nitrogens is 1. The predicted molar refractivity (Wildman–Crippen MR) is 145 cm³/mol. The highest BCUT2D eigenvalue weighted by molar-refractivity contribution is 8.14. The van der Waals surface area contributed by atoms with E-state index in [1.807, 2.05) is 12.1 Å². The fourth-order valence-corrected chi connectivity index (χ4v) is 4.85. The number of hydrogen-bond donors (Lipinski definition) is 1. The van der Waals surface area contributed by atoms with Crippen LogP contribution in [0.25, 0.3) is 11.8 Å². The number of rotatable bonds is 7. The molecule has 0 spiro atoms. The number of aromatic amines is 1. The molecule has 0 atom stereocenters. The minimum absolute atomic E-state index is 0.168. The van der Waals surface area contributed by atoms with Crippen LogP contribution in [0.4, 0.5) is 5.69 Å². The zero-order chi connectivity index (χ0) is 26.6. The van der Waals surface area contributed by atoms with Gasteiger partial charge < -0.3 is 4.74 Å². The number of Topliss-reactive ketones (excluding diaryl/α,β-unsaturated/α-hetero) is 1. The van der Waals surface area contributed by atoms with E-state index >= 15 is 0 Å². The number of carbonyl (C=O) groups is 2. The molecule has 0 unspecified atom stereocenters. The number of nitrogens with one attached hydrogen (secondary N) is 1. The summed E-state index contributed by atoms with van der Waals surface area (Å²) < 4.78 is 11.3. The Morgan fingerprint density at radius 3 is 2.58 bits per heavy atom. The highest BCUT2D eigenvalue weighted by Gasteiger charge is 2.35. The van der Waals surface area contributed by atoms with Crippen molar-refractivity contribution in [1.29, 1.82) is 0 Å². The lowest BCUT2D eigenvalue weighted by Crippen LogP contribution is -2.41. The van der Waals surface area contributed by atoms with E-state index in [1.54, 1.807) is 79.9 Å². The number of aliphatic imine (C=N–C) groups is 1. The number of methoxy groups -OCH3 is 1. The average Bonchev–Trinajstić information content (AvgIpc) is 3.47. The summed E-state index contributed by atoms with van der Waals surface area (Å²) in [6.07, 6.45) is 1.64. The Kier molecular flexibility index (Phi) is 7.25. The first-order valence-electron chi connectivity index (χ1n) is 11.3. The number of thioether (sulfide) groups is 1. The van der Waals surface area contributed by atoms with Gasteiger partial charge in [-0.15, -0.1) is 0 Å². The fraction of sp³-hybridized carbons (Fsp3) is 0.0741. The summed E-state index contributed by atoms with van der Waals surface area (Å²) in [6, 6.07) is 22.8. The predicted octanol–water partition coefficient (Wildman–Crippen LogP) is 4.27. The van der Waals surface area contributed by atoms with Gasteiger partial charge in [0.2, 0.25) is 11.5 Å². The molecule has 0 bridgehead atoms. The van der Waals surface area contributed by atoms with Crippen LogP contribution in [-0.4, -0.2) is 35.0 Å². The van der Waals surface area contributed by atoms with E-state index in [0.29, 0.717) is 32.9 Å². The smallest absolute Gasteiger partial charge is 0.438 e. The van der Waals surface area contributed by atoms with Crippen LogP contribution >= 0.6 is 23.4 Å². The second kappa shape index (κ2) is 10.9. The van der Waals surface area contributed by atoms with Crippen LogP contribution in [-0.2, 0) is 4.79 Å². The quantitative estimate of drug-likeness (QED) is 0.210. The second-order valence-corrected chi connectivity index (χ2v) is 9.41. The second-order valence-electron chi connectivity index (χ2n) is 8.03. The zero-order valence-electron chi connectivity index (χ0n) is 20.0. The van der Waals surface area contributed by atoms with Crippen LogP contribution in [0.15, 0.2) is 98.9 Å². The molecule has 0 radical (unpaired) electrons. The number of ketones is 1. The molecule has 5 rings (SSSR count). The summed E-state index contributed by atoms with van der Waals surface area (Å²) in [5.41, 5.74) is 1.02. The maximum absolute atomic E-state index is 13.4. The first kappa shape index (κ1) is 25.2. The van der Waals surface area contributed by atoms with Gasteiger partial charge in [0.25, 0.3) is 5.91 Å². The maximum Gasteiger partial charge on any atom is 0.438 e. The molecule has 1 aliphatic heterocycles. The van der Waals surface area contributed by atoms with Crippen molar-refractivity contribution in [2.24, 2.45) is 4.99 Å². The first-order valence-corrected chi connectivity index (χ1v) is 12.7. The molecule has 0 saturated carbocycles. The van der Waals surface area contributed by atoms with Crippen molar-refractivity contribution in [1.82, 2.24) is 5.27 Å². The number of benzene rings is 3. The van der Waals surface area contributed by atoms with Gasteiger partial charge in [0.05, 0.1) is 18.6 Å². The Balaban J connectivity index is 1.43. The average molecular weight is 548 g/mol. The van der Waals surface area contributed by atoms with Crippen molar-refractivity contribution in [2.75, 3.05) is 17.8 Å². The lowest BCUT2D eigenvalue weighted by Gasteiger charge is -2.17. The van der Waals surface area contributed by atoms with Gasteiger partial charge in [0, 0.05) is 17.2 Å². The Labute approximate surface area is 226 Å². The maximum atomic E-state index is 13.4. The normalized spacial score (nSPS) is 14.2. The van der Waals surface area contributed by atoms with Gasteiger partial charge in [0.15, 0.2) is 5.17 Å². The summed E-state index contributed by atoms with van der Waals surface area (Å²) in [5.74, 6) is -0.398. The van der Waals surface area contributed by atoms with E-state index in [1.165, 1.54) is 9.58 Å². The number of anilines is 1. The molecule has 1 amide bonds. The van der Waals surface area contributed by atoms with Gasteiger partial charge in [-0.05, 0) is 58.0 Å². The van der Waals surface area contributed by atoms with Crippen molar-refractivity contribution in [3.05, 3.63) is 111 Å². The number of hydrogen-bond acceptors (Lipinski definition) is 7. The minimum atomic E-state index is -0.808. The van der Waals surface area contributed by atoms with Gasteiger partial charge >= 0.3 is 11.3 Å². The number of amides is 1. The van der Waals surface area contributed by atoms with Crippen LogP contribution in [0.3, 0.4) is 0 Å². The lowest BCUT2D eigenvalue weighted by molar-refractivity contribution is -0.672. The third-order valence-electron chi connectivity index (χ3n) is 5.57. The summed E-state index contributed by atoms with van der Waals surface area (Å²) in [5, 5.41) is 3.30. The monoisotopic (exact) mass is 547 g/mol. The summed E-state index contributed by atoms with van der Waals surface area (Å²) in [6.45, 7) is 0. The molecule has 9 nitrogen and oxygen atoms in total. The van der Waals surface area contributed by atoms with Crippen LogP contribution < -0.4 is 19.9 Å². The highest BCUT2D eigenvalue weighted by Crippen LogP contribution is 2.29. The molecule has 4 aromatic rings. The molecule has 1 aromatic heterocycles. The fourth-order valence-electron chi connectivity index (χ4n) is 3.77. The topological polar surface area (TPSA) is 109 Å². The molecule has 0 aliphatic carbocycles. The van der Waals surface area contributed by atoms with Crippen LogP contribution in [0.2, 0.25) is 5.02 Å². The standard InChI is InChI=1S/C27H19ClN4O5S/c1-36-21-12-10-20(11-13-21)32-24(26(35)37-30-32)23(33)16-38-27-29-22(15-17-6-5-7-18(28)14-17)25(34)31(27)19-8-3-2-4-9-19/h2-15H,16H2,1H3/p+1/b22-15+. The number of aromatic nitrogens is 2. The van der Waals surface area contributed by atoms with Gasteiger partial charge in [-0.1, -0.05) is 53.7 Å². The number of amidine groups is 1. The number of nitrogens with zero attached hydrogens (tertiary/aromatic N) is 3. The Morgan fingerprint density at radius 2 is 1.87 bits per heavy atom. The van der Waals surface area contributed by atoms with Crippen molar-refractivity contribution < 1.29 is 23.5 Å². The third-order valence-corrected chi connectivity index (χ3v) is 6.74.